The van der Waals surface area contributed by atoms with Crippen molar-refractivity contribution in [1.82, 2.24) is 4.90 Å². The zero-order valence-electron chi connectivity index (χ0n) is 13.5. The molecule has 2 amide bonds. The summed E-state index contributed by atoms with van der Waals surface area (Å²) < 4.78 is 0.738. The maximum Gasteiger partial charge on any atom is 0.233 e. The van der Waals surface area contributed by atoms with E-state index in [1.165, 1.54) is 30.0 Å². The van der Waals surface area contributed by atoms with Crippen LogP contribution in [0.4, 0.5) is 5.69 Å². The lowest BCUT2D eigenvalue weighted by molar-refractivity contribution is -0.128. The summed E-state index contributed by atoms with van der Waals surface area (Å²) in [6, 6.07) is 11.3. The summed E-state index contributed by atoms with van der Waals surface area (Å²) in [5.74, 6) is 0.377. The highest BCUT2D eigenvalue weighted by atomic mass is 35.5. The summed E-state index contributed by atoms with van der Waals surface area (Å²) in [7, 11) is 0. The number of halogens is 1. The van der Waals surface area contributed by atoms with Gasteiger partial charge in [-0.1, -0.05) is 11.6 Å². The lowest BCUT2D eigenvalue weighted by Crippen LogP contribution is -2.31. The Labute approximate surface area is 155 Å². The number of rotatable bonds is 7. The first-order valence-electron chi connectivity index (χ1n) is 7.50. The van der Waals surface area contributed by atoms with Gasteiger partial charge < -0.3 is 10.2 Å². The first-order valence-corrected chi connectivity index (χ1v) is 9.68. The van der Waals surface area contributed by atoms with E-state index in [0.29, 0.717) is 18.8 Å². The third kappa shape index (κ3) is 5.85. The maximum absolute atomic E-state index is 12.4. The van der Waals surface area contributed by atoms with Gasteiger partial charge in [-0.05, 0) is 43.3 Å². The number of nitrogens with zero attached hydrogens (tertiary/aromatic N) is 1. The zero-order chi connectivity index (χ0) is 17.5. The van der Waals surface area contributed by atoms with Crippen LogP contribution >= 0.6 is 34.7 Å². The minimum atomic E-state index is -0.0992. The molecule has 2 aromatic rings. The smallest absolute Gasteiger partial charge is 0.233 e. The number of carbonyl (C=O) groups excluding carboxylic acids is 2. The Morgan fingerprint density at radius 3 is 2.46 bits per heavy atom. The highest BCUT2D eigenvalue weighted by Crippen LogP contribution is 2.24. The van der Waals surface area contributed by atoms with Crippen LogP contribution in [0.15, 0.2) is 41.3 Å². The largest absolute Gasteiger partial charge is 0.337 e. The van der Waals surface area contributed by atoms with Crippen molar-refractivity contribution >= 4 is 52.2 Å². The molecule has 0 spiro atoms. The third-order valence-corrected chi connectivity index (χ3v) is 5.46. The second kappa shape index (κ2) is 9.11. The Hall–Kier alpha value is -1.50. The van der Waals surface area contributed by atoms with E-state index in [9.17, 15) is 9.59 Å². The van der Waals surface area contributed by atoms with Crippen LogP contribution in [-0.2, 0) is 16.1 Å². The van der Waals surface area contributed by atoms with Crippen molar-refractivity contribution < 1.29 is 9.59 Å². The second-order valence-electron chi connectivity index (χ2n) is 5.11. The summed E-state index contributed by atoms with van der Waals surface area (Å²) >= 11 is 8.93. The molecule has 0 aliphatic rings. The molecule has 0 aliphatic heterocycles. The van der Waals surface area contributed by atoms with Crippen LogP contribution in [0.2, 0.25) is 4.34 Å². The quantitative estimate of drug-likeness (QED) is 0.717. The van der Waals surface area contributed by atoms with E-state index in [1.807, 2.05) is 48.2 Å². The number of benzene rings is 1. The van der Waals surface area contributed by atoms with E-state index in [-0.39, 0.29) is 11.8 Å². The summed E-state index contributed by atoms with van der Waals surface area (Å²) in [5.41, 5.74) is 0.753. The van der Waals surface area contributed by atoms with Crippen LogP contribution in [0, 0.1) is 0 Å². The number of anilines is 1. The normalized spacial score (nSPS) is 10.5. The van der Waals surface area contributed by atoms with E-state index in [0.717, 1.165) is 19.8 Å². The monoisotopic (exact) mass is 382 g/mol. The number of thiophene rings is 1. The number of carbonyl (C=O) groups is 2. The molecule has 0 aliphatic carbocycles. The van der Waals surface area contributed by atoms with Crippen molar-refractivity contribution in [3.8, 4) is 0 Å². The molecule has 2 rings (SSSR count). The fourth-order valence-corrected chi connectivity index (χ4v) is 3.98. The highest BCUT2D eigenvalue weighted by Gasteiger charge is 2.13. The van der Waals surface area contributed by atoms with Crippen LogP contribution in [0.25, 0.3) is 0 Å². The molecule has 1 heterocycles. The molecule has 0 radical (unpaired) electrons. The number of hydrogen-bond acceptors (Lipinski definition) is 4. The van der Waals surface area contributed by atoms with Gasteiger partial charge in [0, 0.05) is 28.9 Å². The van der Waals surface area contributed by atoms with Crippen molar-refractivity contribution in [2.45, 2.75) is 25.3 Å². The molecular formula is C17H19ClN2O2S2. The fourth-order valence-electron chi connectivity index (χ4n) is 2.08. The first-order chi connectivity index (χ1) is 11.5. The number of thioether (sulfide) groups is 1. The Bertz CT molecular complexity index is 701. The van der Waals surface area contributed by atoms with E-state index in [2.05, 4.69) is 5.32 Å². The van der Waals surface area contributed by atoms with Crippen molar-refractivity contribution in [2.24, 2.45) is 0 Å². The number of amides is 2. The summed E-state index contributed by atoms with van der Waals surface area (Å²) in [5, 5.41) is 2.72. The average Bonchev–Trinajstić information content (AvgIpc) is 2.96. The maximum atomic E-state index is 12.4. The van der Waals surface area contributed by atoms with Crippen molar-refractivity contribution in [2.75, 3.05) is 17.6 Å². The molecule has 24 heavy (non-hydrogen) atoms. The van der Waals surface area contributed by atoms with Gasteiger partial charge in [0.05, 0.1) is 16.6 Å². The molecule has 0 unspecified atom stereocenters. The van der Waals surface area contributed by atoms with Crippen LogP contribution in [0.5, 0.6) is 0 Å². The van der Waals surface area contributed by atoms with Gasteiger partial charge in [-0.3, -0.25) is 9.59 Å². The van der Waals surface area contributed by atoms with Crippen molar-refractivity contribution in [1.29, 1.82) is 0 Å². The molecule has 7 heteroatoms. The van der Waals surface area contributed by atoms with E-state index >= 15 is 0 Å². The Morgan fingerprint density at radius 1 is 1.21 bits per heavy atom. The number of hydrogen-bond donors (Lipinski definition) is 1. The van der Waals surface area contributed by atoms with Gasteiger partial charge in [0.15, 0.2) is 0 Å². The minimum Gasteiger partial charge on any atom is -0.337 e. The Morgan fingerprint density at radius 2 is 1.92 bits per heavy atom. The molecule has 4 nitrogen and oxygen atoms in total. The molecule has 1 N–H and O–H groups in total. The lowest BCUT2D eigenvalue weighted by atomic mass is 10.3. The molecule has 0 bridgehead atoms. The third-order valence-electron chi connectivity index (χ3n) is 3.25. The standard InChI is InChI=1S/C17H19ClN2O2S2/c1-3-20(10-15-8-9-16(18)24-15)17(22)11-23-14-6-4-13(5-7-14)19-12(2)21/h4-9H,3,10-11H2,1-2H3,(H,19,21). The van der Waals surface area contributed by atoms with Gasteiger partial charge >= 0.3 is 0 Å². The minimum absolute atomic E-state index is 0.0953. The molecule has 0 saturated heterocycles. The molecule has 1 aromatic carbocycles. The van der Waals surface area contributed by atoms with Gasteiger partial charge in [-0.15, -0.1) is 23.1 Å². The van der Waals surface area contributed by atoms with Gasteiger partial charge in [0.2, 0.25) is 11.8 Å². The topological polar surface area (TPSA) is 49.4 Å². The molecule has 128 valence electrons. The average molecular weight is 383 g/mol. The predicted octanol–water partition coefficient (Wildman–Crippen LogP) is 4.50. The Balaban J connectivity index is 1.87. The molecule has 1 aromatic heterocycles. The van der Waals surface area contributed by atoms with Crippen LogP contribution < -0.4 is 5.32 Å². The lowest BCUT2D eigenvalue weighted by Gasteiger charge is -2.20. The zero-order valence-corrected chi connectivity index (χ0v) is 15.9. The van der Waals surface area contributed by atoms with Gasteiger partial charge in [0.25, 0.3) is 0 Å². The summed E-state index contributed by atoms with van der Waals surface area (Å²) in [6.07, 6.45) is 0. The van der Waals surface area contributed by atoms with Crippen LogP contribution in [0.1, 0.15) is 18.7 Å². The fraction of sp³-hybridized carbons (Fsp3) is 0.294. The van der Waals surface area contributed by atoms with Crippen molar-refractivity contribution in [3.63, 3.8) is 0 Å². The van der Waals surface area contributed by atoms with Gasteiger partial charge in [-0.25, -0.2) is 0 Å². The molecule has 0 saturated carbocycles. The van der Waals surface area contributed by atoms with Crippen LogP contribution in [-0.4, -0.2) is 29.0 Å². The van der Waals surface area contributed by atoms with E-state index in [1.54, 1.807) is 0 Å². The SMILES string of the molecule is CCN(Cc1ccc(Cl)s1)C(=O)CSc1ccc(NC(C)=O)cc1. The second-order valence-corrected chi connectivity index (χ2v) is 7.96. The molecule has 0 atom stereocenters. The Kier molecular flexibility index (Phi) is 7.15. The van der Waals surface area contributed by atoms with Crippen LogP contribution in [0.3, 0.4) is 0 Å². The predicted molar refractivity (Wildman–Crippen MR) is 102 cm³/mol. The van der Waals surface area contributed by atoms with Gasteiger partial charge in [0.1, 0.15) is 0 Å². The van der Waals surface area contributed by atoms with E-state index < -0.39 is 0 Å². The first kappa shape index (κ1) is 18.8. The molecule has 0 fully saturated rings. The van der Waals surface area contributed by atoms with E-state index in [4.69, 9.17) is 11.6 Å². The molecular weight excluding hydrogens is 364 g/mol. The van der Waals surface area contributed by atoms with Crippen molar-refractivity contribution in [3.05, 3.63) is 45.6 Å². The highest BCUT2D eigenvalue weighted by molar-refractivity contribution is 8.00. The van der Waals surface area contributed by atoms with Gasteiger partial charge in [-0.2, -0.15) is 0 Å². The summed E-state index contributed by atoms with van der Waals surface area (Å²) in [6.45, 7) is 4.70. The number of nitrogens with one attached hydrogen (secondary N) is 1. The summed E-state index contributed by atoms with van der Waals surface area (Å²) in [4.78, 5) is 27.3.